The first kappa shape index (κ1) is 15.6. The molecule has 2 heterocycles. The van der Waals surface area contributed by atoms with Crippen LogP contribution in [-0.4, -0.2) is 36.4 Å². The van der Waals surface area contributed by atoms with E-state index in [1.165, 1.54) is 7.11 Å². The topological polar surface area (TPSA) is 68.2 Å². The molecule has 0 bridgehead atoms. The highest BCUT2D eigenvalue weighted by Gasteiger charge is 2.33. The van der Waals surface area contributed by atoms with E-state index in [-0.39, 0.29) is 30.1 Å². The van der Waals surface area contributed by atoms with E-state index in [9.17, 15) is 9.90 Å². The van der Waals surface area contributed by atoms with Crippen molar-refractivity contribution < 1.29 is 24.1 Å². The summed E-state index contributed by atoms with van der Waals surface area (Å²) in [6.07, 6.45) is 1.78. The van der Waals surface area contributed by atoms with Crippen LogP contribution in [0.15, 0.2) is 36.4 Å². The number of para-hydroxylation sites is 1. The maximum atomic E-state index is 13.0. The molecule has 0 spiro atoms. The average Bonchev–Trinajstić information content (AvgIpc) is 3.29. The molecule has 1 atom stereocenters. The van der Waals surface area contributed by atoms with E-state index in [1.807, 2.05) is 18.2 Å². The van der Waals surface area contributed by atoms with Crippen molar-refractivity contribution in [2.45, 2.75) is 18.9 Å². The van der Waals surface area contributed by atoms with Gasteiger partial charge < -0.3 is 24.2 Å². The molecule has 6 heteroatoms. The second-order valence-electron chi connectivity index (χ2n) is 6.13. The molecule has 2 aromatic rings. The van der Waals surface area contributed by atoms with Gasteiger partial charge in [-0.3, -0.25) is 4.79 Å². The lowest BCUT2D eigenvalue weighted by Gasteiger charge is -2.26. The SMILES string of the molecule is COc1cccc(C(=O)N2CCCC2c2ccc3c(c2)OCO3)c1O. The normalized spacial score (nSPS) is 18.4. The molecule has 0 aromatic heterocycles. The quantitative estimate of drug-likeness (QED) is 0.929. The number of ether oxygens (including phenoxy) is 3. The Morgan fingerprint density at radius 1 is 1.24 bits per heavy atom. The number of amides is 1. The minimum absolute atomic E-state index is 0.0485. The standard InChI is InChI=1S/C19H19NO5/c1-23-16-6-2-4-13(18(16)21)19(22)20-9-3-5-14(20)12-7-8-15-17(10-12)25-11-24-15/h2,4,6-8,10,14,21H,3,5,9,11H2,1H3. The highest BCUT2D eigenvalue weighted by molar-refractivity contribution is 5.98. The summed E-state index contributed by atoms with van der Waals surface area (Å²) in [6, 6.07) is 10.7. The fraction of sp³-hybridized carbons (Fsp3) is 0.316. The zero-order chi connectivity index (χ0) is 17.4. The fourth-order valence-corrected chi connectivity index (χ4v) is 3.49. The molecule has 0 saturated carbocycles. The molecule has 1 saturated heterocycles. The highest BCUT2D eigenvalue weighted by atomic mass is 16.7. The van der Waals surface area contributed by atoms with Crippen LogP contribution in [0.3, 0.4) is 0 Å². The number of hydrogen-bond acceptors (Lipinski definition) is 5. The zero-order valence-electron chi connectivity index (χ0n) is 13.9. The number of hydrogen-bond donors (Lipinski definition) is 1. The number of phenolic OH excluding ortho intramolecular Hbond substituents is 1. The van der Waals surface area contributed by atoms with Crippen molar-refractivity contribution in [2.24, 2.45) is 0 Å². The van der Waals surface area contributed by atoms with Gasteiger partial charge in [0.05, 0.1) is 18.7 Å². The molecule has 1 N–H and O–H groups in total. The Morgan fingerprint density at radius 3 is 2.92 bits per heavy atom. The molecule has 0 radical (unpaired) electrons. The van der Waals surface area contributed by atoms with Gasteiger partial charge in [0, 0.05) is 6.54 Å². The smallest absolute Gasteiger partial charge is 0.258 e. The Labute approximate surface area is 145 Å². The van der Waals surface area contributed by atoms with Gasteiger partial charge in [-0.1, -0.05) is 12.1 Å². The third-order valence-electron chi connectivity index (χ3n) is 4.74. The molecule has 25 heavy (non-hydrogen) atoms. The highest BCUT2D eigenvalue weighted by Crippen LogP contribution is 2.40. The van der Waals surface area contributed by atoms with Gasteiger partial charge in [0.15, 0.2) is 23.0 Å². The number of aromatic hydroxyl groups is 1. The second kappa shape index (κ2) is 6.20. The largest absolute Gasteiger partial charge is 0.504 e. The molecule has 1 fully saturated rings. The van der Waals surface area contributed by atoms with E-state index in [0.29, 0.717) is 18.0 Å². The van der Waals surface area contributed by atoms with Crippen molar-refractivity contribution in [3.63, 3.8) is 0 Å². The van der Waals surface area contributed by atoms with E-state index in [4.69, 9.17) is 14.2 Å². The summed E-state index contributed by atoms with van der Waals surface area (Å²) in [7, 11) is 1.47. The van der Waals surface area contributed by atoms with Crippen molar-refractivity contribution in [1.29, 1.82) is 0 Å². The molecular weight excluding hydrogens is 322 g/mol. The molecule has 1 amide bonds. The van der Waals surface area contributed by atoms with Crippen LogP contribution in [0.25, 0.3) is 0 Å². The van der Waals surface area contributed by atoms with Gasteiger partial charge >= 0.3 is 0 Å². The Kier molecular flexibility index (Phi) is 3.87. The number of methoxy groups -OCH3 is 1. The van der Waals surface area contributed by atoms with Gasteiger partial charge in [-0.15, -0.1) is 0 Å². The molecule has 1 unspecified atom stereocenters. The van der Waals surface area contributed by atoms with Gasteiger partial charge in [-0.05, 0) is 42.7 Å². The van der Waals surface area contributed by atoms with Crippen molar-refractivity contribution in [2.75, 3.05) is 20.4 Å². The second-order valence-corrected chi connectivity index (χ2v) is 6.13. The van der Waals surface area contributed by atoms with Crippen molar-refractivity contribution in [3.8, 4) is 23.0 Å². The van der Waals surface area contributed by atoms with Crippen LogP contribution < -0.4 is 14.2 Å². The van der Waals surface area contributed by atoms with Gasteiger partial charge in [0.25, 0.3) is 5.91 Å². The molecule has 130 valence electrons. The third-order valence-corrected chi connectivity index (χ3v) is 4.74. The number of likely N-dealkylation sites (tertiary alicyclic amines) is 1. The number of phenols is 1. The molecule has 2 aliphatic heterocycles. The molecule has 0 aliphatic carbocycles. The number of benzene rings is 2. The first-order valence-electron chi connectivity index (χ1n) is 8.25. The predicted octanol–water partition coefficient (Wildman–Crippen LogP) is 3.11. The predicted molar refractivity (Wildman–Crippen MR) is 90.2 cm³/mol. The van der Waals surface area contributed by atoms with Crippen molar-refractivity contribution >= 4 is 5.91 Å². The van der Waals surface area contributed by atoms with Gasteiger partial charge in [-0.2, -0.15) is 0 Å². The van der Waals surface area contributed by atoms with Crippen molar-refractivity contribution in [1.82, 2.24) is 4.90 Å². The van der Waals surface area contributed by atoms with Gasteiger partial charge in [0.1, 0.15) is 0 Å². The minimum atomic E-state index is -0.198. The Bertz CT molecular complexity index is 819. The van der Waals surface area contributed by atoms with E-state index >= 15 is 0 Å². The van der Waals surface area contributed by atoms with E-state index in [1.54, 1.807) is 23.1 Å². The van der Waals surface area contributed by atoms with Crippen LogP contribution in [-0.2, 0) is 0 Å². The Hall–Kier alpha value is -2.89. The van der Waals surface area contributed by atoms with E-state index in [0.717, 1.165) is 24.2 Å². The lowest BCUT2D eigenvalue weighted by Crippen LogP contribution is -2.30. The molecule has 4 rings (SSSR count). The first-order valence-corrected chi connectivity index (χ1v) is 8.25. The first-order chi connectivity index (χ1) is 12.2. The summed E-state index contributed by atoms with van der Waals surface area (Å²) in [5.74, 6) is 1.42. The maximum Gasteiger partial charge on any atom is 0.258 e. The fourth-order valence-electron chi connectivity index (χ4n) is 3.49. The molecule has 2 aliphatic rings. The summed E-state index contributed by atoms with van der Waals surface area (Å²) in [5.41, 5.74) is 1.27. The van der Waals surface area contributed by atoms with Crippen molar-refractivity contribution in [3.05, 3.63) is 47.5 Å². The zero-order valence-corrected chi connectivity index (χ0v) is 13.9. The Balaban J connectivity index is 1.64. The summed E-state index contributed by atoms with van der Waals surface area (Å²) in [6.45, 7) is 0.873. The maximum absolute atomic E-state index is 13.0. The number of rotatable bonds is 3. The van der Waals surface area contributed by atoms with Gasteiger partial charge in [-0.25, -0.2) is 0 Å². The summed E-state index contributed by atoms with van der Waals surface area (Å²) >= 11 is 0. The summed E-state index contributed by atoms with van der Waals surface area (Å²) in [5, 5.41) is 10.3. The van der Waals surface area contributed by atoms with Crippen LogP contribution in [0.5, 0.6) is 23.0 Å². The molecular formula is C19H19NO5. The van der Waals surface area contributed by atoms with Crippen LogP contribution in [0.2, 0.25) is 0 Å². The number of carbonyl (C=O) groups excluding carboxylic acids is 1. The summed E-state index contributed by atoms with van der Waals surface area (Å²) < 4.78 is 15.9. The number of carbonyl (C=O) groups is 1. The molecule has 2 aromatic carbocycles. The third kappa shape index (κ3) is 2.63. The lowest BCUT2D eigenvalue weighted by molar-refractivity contribution is 0.0731. The average molecular weight is 341 g/mol. The van der Waals surface area contributed by atoms with E-state index in [2.05, 4.69) is 0 Å². The Morgan fingerprint density at radius 2 is 2.08 bits per heavy atom. The van der Waals surface area contributed by atoms with Gasteiger partial charge in [0.2, 0.25) is 6.79 Å². The summed E-state index contributed by atoms with van der Waals surface area (Å²) in [4.78, 5) is 14.8. The van der Waals surface area contributed by atoms with Crippen LogP contribution >= 0.6 is 0 Å². The van der Waals surface area contributed by atoms with E-state index < -0.39 is 0 Å². The lowest BCUT2D eigenvalue weighted by atomic mass is 10.0. The van der Waals surface area contributed by atoms with Crippen LogP contribution in [0.1, 0.15) is 34.8 Å². The minimum Gasteiger partial charge on any atom is -0.504 e. The molecule has 6 nitrogen and oxygen atoms in total. The monoisotopic (exact) mass is 341 g/mol. The number of fused-ring (bicyclic) bond motifs is 1. The van der Waals surface area contributed by atoms with Crippen LogP contribution in [0, 0.1) is 0 Å². The number of nitrogens with zero attached hydrogens (tertiary/aromatic N) is 1. The van der Waals surface area contributed by atoms with Crippen LogP contribution in [0.4, 0.5) is 0 Å².